The molecule has 0 aliphatic rings. The van der Waals surface area contributed by atoms with E-state index in [-0.39, 0.29) is 18.5 Å². The van der Waals surface area contributed by atoms with Gasteiger partial charge in [0, 0.05) is 0 Å². The molecule has 2 aromatic heterocycles. The summed E-state index contributed by atoms with van der Waals surface area (Å²) in [7, 11) is 0. The van der Waals surface area contributed by atoms with Crippen LogP contribution in [0.25, 0.3) is 0 Å². The SMILES string of the molecule is O=C(NC(COC(=O)c1cccs1)c1ccccc1)c1cccs1. The molecule has 1 amide bonds. The normalized spacial score (nSPS) is 11.7. The Hall–Kier alpha value is -2.44. The van der Waals surface area contributed by atoms with Crippen molar-refractivity contribution in [1.29, 1.82) is 0 Å². The van der Waals surface area contributed by atoms with Crippen molar-refractivity contribution in [1.82, 2.24) is 5.32 Å². The quantitative estimate of drug-likeness (QED) is 0.675. The van der Waals surface area contributed by atoms with E-state index < -0.39 is 6.04 Å². The van der Waals surface area contributed by atoms with Gasteiger partial charge >= 0.3 is 5.97 Å². The van der Waals surface area contributed by atoms with Gasteiger partial charge in [0.2, 0.25) is 0 Å². The van der Waals surface area contributed by atoms with E-state index >= 15 is 0 Å². The highest BCUT2D eigenvalue weighted by Gasteiger charge is 2.19. The predicted molar refractivity (Wildman–Crippen MR) is 95.6 cm³/mol. The molecular formula is C18H15NO3S2. The van der Waals surface area contributed by atoms with Gasteiger partial charge in [0.1, 0.15) is 11.5 Å². The first kappa shape index (κ1) is 16.4. The molecule has 0 spiro atoms. The molecule has 3 rings (SSSR count). The molecule has 2 heterocycles. The summed E-state index contributed by atoms with van der Waals surface area (Å²) in [4.78, 5) is 25.5. The lowest BCUT2D eigenvalue weighted by molar-refractivity contribution is 0.0461. The number of hydrogen-bond acceptors (Lipinski definition) is 5. The van der Waals surface area contributed by atoms with Crippen molar-refractivity contribution in [3.63, 3.8) is 0 Å². The average Bonchev–Trinajstić information content (AvgIpc) is 3.32. The van der Waals surface area contributed by atoms with Gasteiger partial charge in [-0.05, 0) is 28.5 Å². The minimum Gasteiger partial charge on any atom is -0.459 e. The predicted octanol–water partition coefficient (Wildman–Crippen LogP) is 4.14. The number of hydrogen-bond donors (Lipinski definition) is 1. The molecule has 0 saturated carbocycles. The molecular weight excluding hydrogens is 342 g/mol. The van der Waals surface area contributed by atoms with Crippen LogP contribution in [-0.4, -0.2) is 18.5 Å². The molecule has 0 aliphatic heterocycles. The molecule has 1 N–H and O–H groups in total. The van der Waals surface area contributed by atoms with Crippen LogP contribution in [-0.2, 0) is 4.74 Å². The monoisotopic (exact) mass is 357 g/mol. The average molecular weight is 357 g/mol. The highest BCUT2D eigenvalue weighted by Crippen LogP contribution is 2.17. The molecule has 1 aromatic carbocycles. The molecule has 1 atom stereocenters. The second-order valence-electron chi connectivity index (χ2n) is 4.99. The fraction of sp³-hybridized carbons (Fsp3) is 0.111. The maximum Gasteiger partial charge on any atom is 0.348 e. The lowest BCUT2D eigenvalue weighted by Gasteiger charge is -2.18. The Kier molecular flexibility index (Phi) is 5.40. The van der Waals surface area contributed by atoms with Gasteiger partial charge in [0.25, 0.3) is 5.91 Å². The number of rotatable bonds is 6. The van der Waals surface area contributed by atoms with E-state index in [0.29, 0.717) is 9.75 Å². The highest BCUT2D eigenvalue weighted by atomic mass is 32.1. The topological polar surface area (TPSA) is 55.4 Å². The Bertz CT molecular complexity index is 783. The third-order valence-electron chi connectivity index (χ3n) is 3.36. The lowest BCUT2D eigenvalue weighted by Crippen LogP contribution is -2.31. The molecule has 4 nitrogen and oxygen atoms in total. The molecule has 0 fully saturated rings. The number of carbonyl (C=O) groups is 2. The maximum absolute atomic E-state index is 12.3. The van der Waals surface area contributed by atoms with Crippen molar-refractivity contribution in [3.8, 4) is 0 Å². The van der Waals surface area contributed by atoms with Crippen LogP contribution < -0.4 is 5.32 Å². The Morgan fingerprint density at radius 2 is 1.58 bits per heavy atom. The van der Waals surface area contributed by atoms with E-state index in [9.17, 15) is 9.59 Å². The van der Waals surface area contributed by atoms with Crippen LogP contribution in [0.15, 0.2) is 65.4 Å². The first-order chi connectivity index (χ1) is 11.7. The standard InChI is InChI=1S/C18H15NO3S2/c20-17(15-8-4-10-23-15)19-14(13-6-2-1-3-7-13)12-22-18(21)16-9-5-11-24-16/h1-11,14H,12H2,(H,19,20). The maximum atomic E-state index is 12.3. The summed E-state index contributed by atoms with van der Waals surface area (Å²) in [5, 5.41) is 6.61. The number of amides is 1. The summed E-state index contributed by atoms with van der Waals surface area (Å²) in [6.45, 7) is 0.0812. The Labute approximate surface area is 147 Å². The summed E-state index contributed by atoms with van der Waals surface area (Å²) in [5.41, 5.74) is 0.890. The first-order valence-electron chi connectivity index (χ1n) is 7.34. The minimum absolute atomic E-state index is 0.0812. The van der Waals surface area contributed by atoms with E-state index in [2.05, 4.69) is 5.32 Å². The zero-order valence-corrected chi connectivity index (χ0v) is 14.3. The molecule has 122 valence electrons. The van der Waals surface area contributed by atoms with Crippen molar-refractivity contribution in [3.05, 3.63) is 80.7 Å². The zero-order valence-electron chi connectivity index (χ0n) is 12.7. The van der Waals surface area contributed by atoms with Crippen LogP contribution in [0.2, 0.25) is 0 Å². The Morgan fingerprint density at radius 3 is 2.21 bits per heavy atom. The third kappa shape index (κ3) is 4.10. The van der Waals surface area contributed by atoms with Crippen molar-refractivity contribution in [2.24, 2.45) is 0 Å². The van der Waals surface area contributed by atoms with Crippen LogP contribution >= 0.6 is 22.7 Å². The molecule has 6 heteroatoms. The molecule has 0 radical (unpaired) electrons. The van der Waals surface area contributed by atoms with E-state index in [1.807, 2.05) is 47.2 Å². The molecule has 0 saturated heterocycles. The largest absolute Gasteiger partial charge is 0.459 e. The zero-order chi connectivity index (χ0) is 16.8. The number of benzene rings is 1. The second-order valence-corrected chi connectivity index (χ2v) is 6.89. The summed E-state index contributed by atoms with van der Waals surface area (Å²) in [6, 6.07) is 16.2. The van der Waals surface area contributed by atoms with E-state index in [0.717, 1.165) is 5.56 Å². The van der Waals surface area contributed by atoms with Gasteiger partial charge in [0.05, 0.1) is 10.9 Å². The van der Waals surface area contributed by atoms with Gasteiger partial charge in [-0.1, -0.05) is 42.5 Å². The van der Waals surface area contributed by atoms with E-state index in [1.54, 1.807) is 18.2 Å². The number of carbonyl (C=O) groups excluding carboxylic acids is 2. The van der Waals surface area contributed by atoms with Crippen molar-refractivity contribution < 1.29 is 14.3 Å². The second kappa shape index (κ2) is 7.90. The minimum atomic E-state index is -0.398. The summed E-state index contributed by atoms with van der Waals surface area (Å²) < 4.78 is 5.38. The van der Waals surface area contributed by atoms with Gasteiger partial charge in [-0.3, -0.25) is 4.79 Å². The fourth-order valence-corrected chi connectivity index (χ4v) is 3.41. The van der Waals surface area contributed by atoms with Crippen LogP contribution in [0.3, 0.4) is 0 Å². The smallest absolute Gasteiger partial charge is 0.348 e. The molecule has 0 bridgehead atoms. The number of nitrogens with one attached hydrogen (secondary N) is 1. The number of thiophene rings is 2. The van der Waals surface area contributed by atoms with Gasteiger partial charge in [-0.2, -0.15) is 0 Å². The summed E-state index contributed by atoms with van der Waals surface area (Å²) in [6.07, 6.45) is 0. The molecule has 24 heavy (non-hydrogen) atoms. The van der Waals surface area contributed by atoms with Crippen LogP contribution in [0, 0.1) is 0 Å². The number of esters is 1. The van der Waals surface area contributed by atoms with Gasteiger partial charge in [-0.15, -0.1) is 22.7 Å². The molecule has 0 aliphatic carbocycles. The Morgan fingerprint density at radius 1 is 0.917 bits per heavy atom. The van der Waals surface area contributed by atoms with Gasteiger partial charge in [0.15, 0.2) is 0 Å². The van der Waals surface area contributed by atoms with Crippen LogP contribution in [0.4, 0.5) is 0 Å². The summed E-state index contributed by atoms with van der Waals surface area (Å²) in [5.74, 6) is -0.553. The highest BCUT2D eigenvalue weighted by molar-refractivity contribution is 7.12. The fourth-order valence-electron chi connectivity index (χ4n) is 2.17. The Balaban J connectivity index is 1.70. The van der Waals surface area contributed by atoms with Crippen LogP contribution in [0.5, 0.6) is 0 Å². The van der Waals surface area contributed by atoms with E-state index in [1.165, 1.54) is 22.7 Å². The van der Waals surface area contributed by atoms with E-state index in [4.69, 9.17) is 4.74 Å². The lowest BCUT2D eigenvalue weighted by atomic mass is 10.1. The molecule has 3 aromatic rings. The van der Waals surface area contributed by atoms with Crippen molar-refractivity contribution in [2.75, 3.05) is 6.61 Å². The first-order valence-corrected chi connectivity index (χ1v) is 9.10. The van der Waals surface area contributed by atoms with Crippen molar-refractivity contribution in [2.45, 2.75) is 6.04 Å². The van der Waals surface area contributed by atoms with Crippen LogP contribution in [0.1, 0.15) is 30.9 Å². The molecule has 1 unspecified atom stereocenters. The number of ether oxygens (including phenoxy) is 1. The third-order valence-corrected chi connectivity index (χ3v) is 5.07. The summed E-state index contributed by atoms with van der Waals surface area (Å²) >= 11 is 2.70. The van der Waals surface area contributed by atoms with Crippen molar-refractivity contribution >= 4 is 34.6 Å². The van der Waals surface area contributed by atoms with Gasteiger partial charge in [-0.25, -0.2) is 4.79 Å². The van der Waals surface area contributed by atoms with Gasteiger partial charge < -0.3 is 10.1 Å².